The van der Waals surface area contributed by atoms with Gasteiger partial charge in [0.05, 0.1) is 5.57 Å². The average Bonchev–Trinajstić information content (AvgIpc) is 3.36. The zero-order valence-corrected chi connectivity index (χ0v) is 20.3. The third-order valence-electron chi connectivity index (χ3n) is 6.55. The summed E-state index contributed by atoms with van der Waals surface area (Å²) in [7, 11) is 0. The molecule has 0 bridgehead atoms. The Balaban J connectivity index is 1.63. The number of nitrogens with zero attached hydrogens (tertiary/aromatic N) is 2. The number of aromatic nitrogens is 1. The van der Waals surface area contributed by atoms with Gasteiger partial charge in [0, 0.05) is 36.0 Å². The lowest BCUT2D eigenvalue weighted by atomic mass is 9.84. The van der Waals surface area contributed by atoms with Crippen LogP contribution in [-0.4, -0.2) is 27.6 Å². The maximum absolute atomic E-state index is 16.2. The number of ether oxygens (including phenoxy) is 1. The zero-order valence-electron chi connectivity index (χ0n) is 20.3. The molecular formula is C29H25BF2N2O2. The molecule has 0 fully saturated rings. The van der Waals surface area contributed by atoms with Crippen LogP contribution in [0.1, 0.15) is 41.9 Å². The Morgan fingerprint density at radius 2 is 1.72 bits per heavy atom. The van der Waals surface area contributed by atoms with Crippen LogP contribution in [0.5, 0.6) is 5.75 Å². The number of hydrogen-bond donors (Lipinski definition) is 0. The lowest BCUT2D eigenvalue weighted by Crippen LogP contribution is -2.51. The number of carbonyl (C=O) groups excluding carboxylic acids is 1. The number of hydrogen-bond acceptors (Lipinski definition) is 2. The molecule has 3 heterocycles. The molecule has 3 aromatic rings. The third kappa shape index (κ3) is 3.77. The molecule has 0 radical (unpaired) electrons. The number of rotatable bonds is 5. The third-order valence-corrected chi connectivity index (χ3v) is 6.55. The van der Waals surface area contributed by atoms with Gasteiger partial charge in [0.1, 0.15) is 11.5 Å². The molecule has 0 amide bonds. The highest BCUT2D eigenvalue weighted by atomic mass is 19.2. The van der Waals surface area contributed by atoms with Crippen molar-refractivity contribution < 1.29 is 22.6 Å². The fourth-order valence-corrected chi connectivity index (χ4v) is 5.09. The van der Waals surface area contributed by atoms with Crippen molar-refractivity contribution in [2.75, 3.05) is 0 Å². The van der Waals surface area contributed by atoms with Crippen LogP contribution in [0.25, 0.3) is 17.7 Å². The van der Waals surface area contributed by atoms with Gasteiger partial charge in [-0.25, -0.2) is 4.79 Å². The molecule has 1 aromatic heterocycles. The normalized spacial score (nSPS) is 16.2. The van der Waals surface area contributed by atoms with Crippen molar-refractivity contribution in [2.45, 2.75) is 20.8 Å². The summed E-state index contributed by atoms with van der Waals surface area (Å²) in [6.45, 7) is 4.75. The maximum atomic E-state index is 16.2. The summed E-state index contributed by atoms with van der Waals surface area (Å²) in [5.41, 5.74) is 6.14. The Morgan fingerprint density at radius 3 is 2.39 bits per heavy atom. The van der Waals surface area contributed by atoms with Crippen LogP contribution in [0.3, 0.4) is 0 Å². The van der Waals surface area contributed by atoms with Gasteiger partial charge in [0.2, 0.25) is 0 Å². The van der Waals surface area contributed by atoms with Crippen molar-refractivity contribution in [3.63, 3.8) is 0 Å². The lowest BCUT2D eigenvalue weighted by molar-refractivity contribution is -0.363. The first-order valence-electron chi connectivity index (χ1n) is 11.7. The van der Waals surface area contributed by atoms with E-state index in [0.29, 0.717) is 28.5 Å². The molecule has 2 aliphatic heterocycles. The first kappa shape index (κ1) is 23.5. The largest absolute Gasteiger partial charge is 0.737 e. The van der Waals surface area contributed by atoms with E-state index in [1.54, 1.807) is 43.3 Å². The molecule has 2 aromatic carbocycles. The van der Waals surface area contributed by atoms with Crippen LogP contribution in [0.4, 0.5) is 8.63 Å². The van der Waals surface area contributed by atoms with Gasteiger partial charge in [-0.3, -0.25) is 0 Å². The van der Waals surface area contributed by atoms with Gasteiger partial charge in [-0.15, -0.1) is 0 Å². The smallest absolute Gasteiger partial charge is 0.423 e. The van der Waals surface area contributed by atoms with Crippen molar-refractivity contribution in [1.29, 1.82) is 0 Å². The Bertz CT molecular complexity index is 1530. The van der Waals surface area contributed by atoms with Crippen molar-refractivity contribution in [3.05, 3.63) is 119 Å². The molecule has 0 unspecified atom stereocenters. The fourth-order valence-electron chi connectivity index (χ4n) is 5.09. The van der Waals surface area contributed by atoms with Crippen molar-refractivity contribution in [3.8, 4) is 5.75 Å². The number of halogens is 2. The Kier molecular flexibility index (Phi) is 5.71. The number of aryl methyl sites for hydroxylation is 1. The molecule has 0 spiro atoms. The molecule has 180 valence electrons. The zero-order chi connectivity index (χ0) is 25.6. The monoisotopic (exact) mass is 482 g/mol. The number of fused-ring (bicyclic) bond motifs is 2. The quantitative estimate of drug-likeness (QED) is 0.180. The summed E-state index contributed by atoms with van der Waals surface area (Å²) < 4.78 is 40.0. The molecule has 0 atom stereocenters. The molecule has 4 nitrogen and oxygen atoms in total. The molecule has 36 heavy (non-hydrogen) atoms. The van der Waals surface area contributed by atoms with E-state index in [9.17, 15) is 4.79 Å². The average molecular weight is 482 g/mol. The van der Waals surface area contributed by atoms with Crippen LogP contribution in [0, 0.1) is 6.92 Å². The van der Waals surface area contributed by atoms with Crippen molar-refractivity contribution in [2.24, 2.45) is 0 Å². The molecule has 2 aliphatic rings. The second kappa shape index (κ2) is 8.75. The predicted molar refractivity (Wildman–Crippen MR) is 141 cm³/mol. The number of esters is 1. The standard InChI is InChI=1S/C29H25BF2N2O2/c1-5-26(35)36-25-15-12-22(13-16-25)11-14-24-18-20(3)29-27(23-9-7-6-8-10-23)28-19(2)17-21(4)33(28)30(31,32)34(24)29/h5-18H,1H2,2-4H3/b14-11+. The number of allylic oxidation sites excluding steroid dienone is 2. The SMILES string of the molecule is C=CC(=O)Oc1ccc(/C=C/c2cc(C)c3n2[B-](F)(F)[N+]2=C(C)C=C(C)C2=C3c2ccccc2)cc1. The molecule has 5 rings (SSSR count). The van der Waals surface area contributed by atoms with E-state index in [4.69, 9.17) is 4.74 Å². The van der Waals surface area contributed by atoms with Gasteiger partial charge in [0.15, 0.2) is 5.70 Å². The number of carbonyl (C=O) groups is 1. The van der Waals surface area contributed by atoms with Gasteiger partial charge in [-0.2, -0.15) is 0 Å². The van der Waals surface area contributed by atoms with Crippen LogP contribution >= 0.6 is 0 Å². The summed E-state index contributed by atoms with van der Waals surface area (Å²) in [6.07, 6.45) is 6.40. The van der Waals surface area contributed by atoms with E-state index in [0.717, 1.165) is 33.9 Å². The minimum atomic E-state index is -4.12. The first-order valence-corrected chi connectivity index (χ1v) is 11.7. The highest BCUT2D eigenvalue weighted by Gasteiger charge is 2.55. The predicted octanol–water partition coefficient (Wildman–Crippen LogP) is 6.49. The van der Waals surface area contributed by atoms with E-state index >= 15 is 8.63 Å². The van der Waals surface area contributed by atoms with Crippen LogP contribution in [0.2, 0.25) is 0 Å². The maximum Gasteiger partial charge on any atom is 0.737 e. The first-order chi connectivity index (χ1) is 17.2. The summed E-state index contributed by atoms with van der Waals surface area (Å²) in [5.74, 6) is -0.158. The molecular weight excluding hydrogens is 457 g/mol. The fraction of sp³-hybridized carbons (Fsp3) is 0.103. The summed E-state index contributed by atoms with van der Waals surface area (Å²) in [4.78, 5) is 11.4. The highest BCUT2D eigenvalue weighted by molar-refractivity contribution is 6.58. The summed E-state index contributed by atoms with van der Waals surface area (Å²) in [6, 6.07) is 18.3. The van der Waals surface area contributed by atoms with Gasteiger partial charge < -0.3 is 22.3 Å². The van der Waals surface area contributed by atoms with Crippen LogP contribution in [-0.2, 0) is 4.79 Å². The molecule has 0 saturated heterocycles. The molecule has 0 aliphatic carbocycles. The molecule has 7 heteroatoms. The lowest BCUT2D eigenvalue weighted by Gasteiger charge is -2.34. The van der Waals surface area contributed by atoms with Gasteiger partial charge in [-0.05, 0) is 54.8 Å². The second-order valence-corrected chi connectivity index (χ2v) is 9.02. The Hall–Kier alpha value is -4.26. The van der Waals surface area contributed by atoms with E-state index in [2.05, 4.69) is 6.58 Å². The van der Waals surface area contributed by atoms with Crippen LogP contribution < -0.4 is 4.74 Å². The van der Waals surface area contributed by atoms with E-state index in [1.807, 2.05) is 56.3 Å². The van der Waals surface area contributed by atoms with E-state index in [1.165, 1.54) is 8.96 Å². The van der Waals surface area contributed by atoms with Gasteiger partial charge in [0.25, 0.3) is 0 Å². The number of benzene rings is 2. The second-order valence-electron chi connectivity index (χ2n) is 9.02. The summed E-state index contributed by atoms with van der Waals surface area (Å²) >= 11 is 0. The Labute approximate surface area is 208 Å². The van der Waals surface area contributed by atoms with Gasteiger partial charge in [-0.1, -0.05) is 55.1 Å². The highest BCUT2D eigenvalue weighted by Crippen LogP contribution is 2.44. The molecule has 0 saturated carbocycles. The summed E-state index contributed by atoms with van der Waals surface area (Å²) in [5, 5.41) is 0. The van der Waals surface area contributed by atoms with Crippen molar-refractivity contribution in [1.82, 2.24) is 4.48 Å². The van der Waals surface area contributed by atoms with Gasteiger partial charge >= 0.3 is 12.9 Å². The Morgan fingerprint density at radius 1 is 1.03 bits per heavy atom. The minimum absolute atomic E-state index is 0.385. The van der Waals surface area contributed by atoms with Crippen molar-refractivity contribution >= 4 is 36.4 Å². The van der Waals surface area contributed by atoms with E-state index < -0.39 is 12.9 Å². The van der Waals surface area contributed by atoms with Crippen LogP contribution in [0.15, 0.2) is 90.7 Å². The van der Waals surface area contributed by atoms with E-state index in [-0.39, 0.29) is 0 Å². The molecule has 0 N–H and O–H groups in total. The topological polar surface area (TPSA) is 34.2 Å². The minimum Gasteiger partial charge on any atom is -0.423 e.